The summed E-state index contributed by atoms with van der Waals surface area (Å²) in [5.41, 5.74) is 7.97. The lowest BCUT2D eigenvalue weighted by atomic mass is 10.0. The van der Waals surface area contributed by atoms with Crippen LogP contribution in [0.5, 0.6) is 0 Å². The molecule has 1 fully saturated rings. The lowest BCUT2D eigenvalue weighted by molar-refractivity contribution is -0.687. The van der Waals surface area contributed by atoms with Crippen molar-refractivity contribution in [3.05, 3.63) is 53.5 Å². The number of pyridine rings is 1. The number of carbonyl (C=O) groups is 3. The number of hydrogen-bond donors (Lipinski definition) is 3. The van der Waals surface area contributed by atoms with Crippen molar-refractivity contribution in [2.24, 2.45) is 5.16 Å². The summed E-state index contributed by atoms with van der Waals surface area (Å²) in [5, 5.41) is 16.0. The first-order valence-electron chi connectivity index (χ1n) is 11.3. The molecule has 2 amide bonds. The van der Waals surface area contributed by atoms with Crippen molar-refractivity contribution in [3.63, 3.8) is 0 Å². The topological polar surface area (TPSA) is 168 Å². The Bertz CT molecular complexity index is 1480. The van der Waals surface area contributed by atoms with E-state index in [-0.39, 0.29) is 29.0 Å². The molecule has 0 unspecified atom stereocenters. The number of nitrogens with zero attached hydrogens (tertiary/aromatic N) is 6. The first kappa shape index (κ1) is 24.7. The summed E-state index contributed by atoms with van der Waals surface area (Å²) in [7, 11) is 0. The Balaban J connectivity index is 1.36. The molecule has 5 rings (SSSR count). The number of β-lactam (4-membered cyclic amide) rings is 1. The van der Waals surface area contributed by atoms with Gasteiger partial charge in [0.2, 0.25) is 17.9 Å². The minimum absolute atomic E-state index is 0.0194. The van der Waals surface area contributed by atoms with E-state index in [9.17, 15) is 19.5 Å². The highest BCUT2D eigenvalue weighted by molar-refractivity contribution is 8.00. The van der Waals surface area contributed by atoms with Crippen LogP contribution in [-0.4, -0.2) is 71.0 Å². The quantitative estimate of drug-likeness (QED) is 0.155. The molecule has 0 aliphatic carbocycles. The molecule has 0 saturated carbocycles. The molecular weight excluding hydrogens is 520 g/mol. The molecule has 2 aliphatic rings. The highest BCUT2D eigenvalue weighted by atomic mass is 32.2. The monoisotopic (exact) mass is 543 g/mol. The zero-order valence-electron chi connectivity index (χ0n) is 19.8. The normalized spacial score (nSPS) is 19.6. The van der Waals surface area contributed by atoms with Crippen LogP contribution in [0.4, 0.5) is 5.13 Å². The maximum absolute atomic E-state index is 13.1. The molecule has 3 aromatic rings. The Labute approximate surface area is 218 Å². The number of thioether (sulfide) groups is 1. The molecule has 37 heavy (non-hydrogen) atoms. The molecule has 0 aromatic carbocycles. The van der Waals surface area contributed by atoms with Crippen molar-refractivity contribution in [3.8, 4) is 0 Å². The van der Waals surface area contributed by atoms with Crippen LogP contribution in [0.3, 0.4) is 0 Å². The summed E-state index contributed by atoms with van der Waals surface area (Å²) in [4.78, 5) is 48.5. The molecular formula is C22H23N8O5S2+. The number of rotatable bonds is 8. The summed E-state index contributed by atoms with van der Waals surface area (Å²) in [5.74, 6) is -2.08. The van der Waals surface area contributed by atoms with Crippen molar-refractivity contribution in [1.82, 2.24) is 24.0 Å². The number of nitrogens with one attached hydrogen (secondary N) is 1. The minimum atomic E-state index is -1.19. The number of aryl methyl sites for hydroxylation is 1. The van der Waals surface area contributed by atoms with Gasteiger partial charge < -0.3 is 21.0 Å². The number of carbonyl (C=O) groups excluding carboxylic acids is 2. The van der Waals surface area contributed by atoms with Crippen molar-refractivity contribution in [2.45, 2.75) is 31.8 Å². The van der Waals surface area contributed by atoms with E-state index in [0.29, 0.717) is 17.9 Å². The second-order valence-corrected chi connectivity index (χ2v) is 10.2. The molecule has 5 heterocycles. The second kappa shape index (κ2) is 9.82. The predicted molar refractivity (Wildman–Crippen MR) is 134 cm³/mol. The van der Waals surface area contributed by atoms with Crippen molar-refractivity contribution >= 4 is 57.4 Å². The molecule has 2 aliphatic heterocycles. The van der Waals surface area contributed by atoms with E-state index in [1.54, 1.807) is 6.92 Å². The molecule has 3 aromatic heterocycles. The number of aromatic nitrogens is 4. The van der Waals surface area contributed by atoms with Gasteiger partial charge in [0.15, 0.2) is 10.6 Å². The van der Waals surface area contributed by atoms with Crippen LogP contribution in [0.15, 0.2) is 47.1 Å². The third-order valence-electron chi connectivity index (χ3n) is 5.89. The lowest BCUT2D eigenvalue weighted by Crippen LogP contribution is -2.71. The number of hydrogen-bond acceptors (Lipinski definition) is 10. The van der Waals surface area contributed by atoms with Crippen LogP contribution >= 0.6 is 23.3 Å². The average Bonchev–Trinajstić information content (AvgIpc) is 3.49. The number of nitrogens with two attached hydrogens (primary N) is 1. The highest BCUT2D eigenvalue weighted by Gasteiger charge is 2.54. The second-order valence-electron chi connectivity index (χ2n) is 8.31. The van der Waals surface area contributed by atoms with Gasteiger partial charge in [-0.05, 0) is 26.0 Å². The first-order valence-corrected chi connectivity index (χ1v) is 13.1. The standard InChI is InChI=1S/C22H22N8O5S2/c1-3-35-26-14(17-25-22(23)37-27-17)18(31)24-15-19(32)30-16(21(33)34)12(9-36-20(15)30)7-28-8-13-6-4-5-11(2)29(13)10-28/h4-6,8,10,15,20H,3,7,9H2,1-2H3,(H3-,23,24,25,27,31,33,34)/p+1/b26-14-/t15-,20+/m1/s1. The maximum Gasteiger partial charge on any atom is 0.352 e. The van der Waals surface area contributed by atoms with Crippen molar-refractivity contribution in [1.29, 1.82) is 0 Å². The van der Waals surface area contributed by atoms with Crippen LogP contribution in [-0.2, 0) is 25.8 Å². The molecule has 0 radical (unpaired) electrons. The fourth-order valence-corrected chi connectivity index (χ4v) is 6.00. The molecule has 4 N–H and O–H groups in total. The lowest BCUT2D eigenvalue weighted by Gasteiger charge is -2.49. The number of nitrogen functional groups attached to an aromatic ring is 1. The Hall–Kier alpha value is -3.98. The van der Waals surface area contributed by atoms with E-state index in [4.69, 9.17) is 10.6 Å². The predicted octanol–water partition coefficient (Wildman–Crippen LogP) is 0.148. The Morgan fingerprint density at radius 1 is 1.41 bits per heavy atom. The Kier molecular flexibility index (Phi) is 6.55. The highest BCUT2D eigenvalue weighted by Crippen LogP contribution is 2.40. The SMILES string of the molecule is CCO/N=C(\C(=O)N[C@@H]1C(=O)N2C(C(=O)O)=C(C[n+]3cc4cccc(C)n4c3)CS[C@@H]12)c1nsc(N)n1. The van der Waals surface area contributed by atoms with Gasteiger partial charge in [-0.25, -0.2) is 9.36 Å². The van der Waals surface area contributed by atoms with Crippen LogP contribution in [0, 0.1) is 6.92 Å². The van der Waals surface area contributed by atoms with Crippen molar-refractivity contribution < 1.29 is 28.9 Å². The number of imidazole rings is 1. The van der Waals surface area contributed by atoms with Gasteiger partial charge in [-0.1, -0.05) is 11.2 Å². The molecule has 2 atom stereocenters. The number of amides is 2. The van der Waals surface area contributed by atoms with E-state index in [1.165, 1.54) is 16.7 Å². The van der Waals surface area contributed by atoms with Crippen molar-refractivity contribution in [2.75, 3.05) is 18.1 Å². The summed E-state index contributed by atoms with van der Waals surface area (Å²) in [6.07, 6.45) is 3.82. The van der Waals surface area contributed by atoms with Crippen LogP contribution in [0.25, 0.3) is 5.52 Å². The Morgan fingerprint density at radius 2 is 2.22 bits per heavy atom. The van der Waals surface area contributed by atoms with Gasteiger partial charge in [0.05, 0.1) is 0 Å². The number of anilines is 1. The van der Waals surface area contributed by atoms with Gasteiger partial charge in [0.1, 0.15) is 42.2 Å². The number of fused-ring (bicyclic) bond motifs is 2. The molecule has 0 bridgehead atoms. The fraction of sp³-hybridized carbons (Fsp3) is 0.318. The third-order valence-corrected chi connectivity index (χ3v) is 7.77. The first-order chi connectivity index (χ1) is 17.8. The van der Waals surface area contributed by atoms with Gasteiger partial charge >= 0.3 is 5.97 Å². The molecule has 1 saturated heterocycles. The summed E-state index contributed by atoms with van der Waals surface area (Å²) < 4.78 is 7.90. The summed E-state index contributed by atoms with van der Waals surface area (Å²) in [6.45, 7) is 4.19. The number of carboxylic acids is 1. The van der Waals surface area contributed by atoms with Crippen LogP contribution < -0.4 is 15.6 Å². The largest absolute Gasteiger partial charge is 0.477 e. The smallest absolute Gasteiger partial charge is 0.352 e. The molecule has 192 valence electrons. The Morgan fingerprint density at radius 3 is 2.89 bits per heavy atom. The average molecular weight is 544 g/mol. The van der Waals surface area contributed by atoms with E-state index in [0.717, 1.165) is 22.7 Å². The van der Waals surface area contributed by atoms with Gasteiger partial charge in [0.25, 0.3) is 11.8 Å². The summed E-state index contributed by atoms with van der Waals surface area (Å²) >= 11 is 2.28. The minimum Gasteiger partial charge on any atom is -0.477 e. The fourth-order valence-electron chi connectivity index (χ4n) is 4.23. The zero-order chi connectivity index (χ0) is 26.3. The molecule has 0 spiro atoms. The van der Waals surface area contributed by atoms with Gasteiger partial charge in [-0.2, -0.15) is 13.8 Å². The zero-order valence-corrected chi connectivity index (χ0v) is 21.5. The van der Waals surface area contributed by atoms with E-state index in [1.807, 2.05) is 46.6 Å². The number of aliphatic carboxylic acids is 1. The maximum atomic E-state index is 13.1. The van der Waals surface area contributed by atoms with E-state index in [2.05, 4.69) is 19.8 Å². The van der Waals surface area contributed by atoms with Gasteiger partial charge in [-0.3, -0.25) is 14.5 Å². The third kappa shape index (κ3) is 4.51. The molecule has 15 heteroatoms. The summed E-state index contributed by atoms with van der Waals surface area (Å²) in [6, 6.07) is 4.96. The molecule has 13 nitrogen and oxygen atoms in total. The van der Waals surface area contributed by atoms with Crippen LogP contribution in [0.2, 0.25) is 0 Å². The van der Waals surface area contributed by atoms with E-state index >= 15 is 0 Å². The van der Waals surface area contributed by atoms with Gasteiger partial charge in [-0.15, -0.1) is 11.8 Å². The van der Waals surface area contributed by atoms with Gasteiger partial charge in [0, 0.05) is 22.9 Å². The van der Waals surface area contributed by atoms with Crippen LogP contribution in [0.1, 0.15) is 18.4 Å². The number of carboxylic acid groups (broad SMARTS) is 1. The van der Waals surface area contributed by atoms with E-state index < -0.39 is 29.2 Å². The number of oxime groups is 1.